The van der Waals surface area contributed by atoms with Crippen molar-refractivity contribution in [3.8, 4) is 0 Å². The van der Waals surface area contributed by atoms with Crippen molar-refractivity contribution in [3.05, 3.63) is 0 Å². The fraction of sp³-hybridized carbons (Fsp3) is 0.750. The molecule has 0 atom stereocenters. The second-order valence-corrected chi connectivity index (χ2v) is 3.18. The van der Waals surface area contributed by atoms with Crippen molar-refractivity contribution in [2.24, 2.45) is 0 Å². The summed E-state index contributed by atoms with van der Waals surface area (Å²) in [5, 5.41) is 0. The Hall–Kier alpha value is 0.350. The van der Waals surface area contributed by atoms with E-state index in [1.54, 1.807) is 5.97 Å². The van der Waals surface area contributed by atoms with Crippen LogP contribution in [0.1, 0.15) is 13.8 Å². The topological polar surface area (TPSA) is 0 Å². The monoisotopic (exact) mass is 109 g/mol. The van der Waals surface area contributed by atoms with Gasteiger partial charge in [0.15, 0.2) is 0 Å². The molecule has 3 heteroatoms. The van der Waals surface area contributed by atoms with Gasteiger partial charge in [-0.1, -0.05) is 0 Å². The Labute approximate surface area is 51.4 Å². The van der Waals surface area contributed by atoms with Crippen LogP contribution in [-0.2, 0) is 0 Å². The molecule has 0 rings (SSSR count). The first-order valence-corrected chi connectivity index (χ1v) is 2.94. The Bertz CT molecular complexity index is 70.1. The summed E-state index contributed by atoms with van der Waals surface area (Å²) in [7, 11) is 10.4. The summed E-state index contributed by atoms with van der Waals surface area (Å²) in [5.41, 5.74) is 0. The molecule has 0 saturated carbocycles. The number of hydrogen-bond donors (Lipinski definition) is 0. The van der Waals surface area contributed by atoms with Gasteiger partial charge in [0.2, 0.25) is 0 Å². The van der Waals surface area contributed by atoms with E-state index in [0.717, 1.165) is 0 Å². The van der Waals surface area contributed by atoms with Crippen molar-refractivity contribution in [2.45, 2.75) is 18.6 Å². The third kappa shape index (κ3) is 2.98. The Morgan fingerprint density at radius 2 is 2.00 bits per heavy atom. The molecule has 0 unspecified atom stereocenters. The summed E-state index contributed by atoms with van der Waals surface area (Å²) in [6, 6.07) is 0. The molecule has 0 amide bonds. The summed E-state index contributed by atoms with van der Waals surface area (Å²) < 4.78 is -0.0694. The van der Waals surface area contributed by atoms with Crippen LogP contribution in [0.2, 0.25) is 0 Å². The molecule has 7 heavy (non-hydrogen) atoms. The second-order valence-electron chi connectivity index (χ2n) is 1.89. The second kappa shape index (κ2) is 2.61. The summed E-state index contributed by atoms with van der Waals surface area (Å²) in [5.74, 6) is 1.58. The maximum absolute atomic E-state index is 5.22. The molecule has 0 nitrogen and oxygen atoms in total. The molecule has 0 saturated heterocycles. The van der Waals surface area contributed by atoms with E-state index in [9.17, 15) is 0 Å². The van der Waals surface area contributed by atoms with Gasteiger partial charge in [-0.05, 0) is 0 Å². The van der Waals surface area contributed by atoms with Gasteiger partial charge >= 0.3 is 50.8 Å². The summed E-state index contributed by atoms with van der Waals surface area (Å²) in [4.78, 5) is 0. The number of hydrogen-bond acceptors (Lipinski definition) is 1. The molecule has 0 aliphatic carbocycles. The van der Waals surface area contributed by atoms with E-state index in [4.69, 9.17) is 14.6 Å². The quantitative estimate of drug-likeness (QED) is 0.466. The van der Waals surface area contributed by atoms with Crippen molar-refractivity contribution in [2.75, 3.05) is 0 Å². The van der Waals surface area contributed by atoms with Crippen molar-refractivity contribution < 1.29 is 0 Å². The molecule has 0 heterocycles. The van der Waals surface area contributed by atoms with Crippen LogP contribution >= 0.6 is 11.6 Å². The van der Waals surface area contributed by atoms with E-state index < -0.39 is 0 Å². The molecule has 3 radical (unpaired) electrons. The maximum atomic E-state index is 5.22. The first-order chi connectivity index (χ1) is 3.12. The first-order valence-electron chi connectivity index (χ1n) is 2.06. The predicted molar refractivity (Wildman–Crippen MR) is 39.2 cm³/mol. The minimum atomic E-state index is -0.0694. The molecule has 0 aromatic rings. The van der Waals surface area contributed by atoms with E-state index >= 15 is 0 Å². The SMILES string of the molecule is [B]SC(C)(C)C=[B]. The molecule has 0 aromatic carbocycles. The van der Waals surface area contributed by atoms with Crippen LogP contribution in [0.15, 0.2) is 0 Å². The van der Waals surface area contributed by atoms with Crippen molar-refractivity contribution >= 4 is 32.2 Å². The molecule has 0 fully saturated rings. The third-order valence-corrected chi connectivity index (χ3v) is 1.45. The summed E-state index contributed by atoms with van der Waals surface area (Å²) in [6.45, 7) is 3.91. The van der Waals surface area contributed by atoms with E-state index in [0.29, 0.717) is 0 Å². The molecule has 0 bridgehead atoms. The Morgan fingerprint density at radius 1 is 1.57 bits per heavy atom. The van der Waals surface area contributed by atoms with E-state index in [1.807, 2.05) is 13.8 Å². The summed E-state index contributed by atoms with van der Waals surface area (Å²) in [6.07, 6.45) is 0. The third-order valence-electron chi connectivity index (χ3n) is 0.705. The van der Waals surface area contributed by atoms with E-state index in [1.165, 1.54) is 11.6 Å². The van der Waals surface area contributed by atoms with Gasteiger partial charge in [0, 0.05) is 0 Å². The van der Waals surface area contributed by atoms with Crippen LogP contribution in [-0.4, -0.2) is 25.3 Å². The van der Waals surface area contributed by atoms with Gasteiger partial charge in [-0.3, -0.25) is 0 Å². The van der Waals surface area contributed by atoms with Crippen LogP contribution in [0.4, 0.5) is 0 Å². The molecule has 0 aromatic heterocycles. The van der Waals surface area contributed by atoms with Crippen LogP contribution in [0.25, 0.3) is 0 Å². The fourth-order valence-electron chi connectivity index (χ4n) is 0.0393. The molecule has 0 aliphatic rings. The average Bonchev–Trinajstić information content (AvgIpc) is 1.68. The van der Waals surface area contributed by atoms with Gasteiger partial charge in [-0.25, -0.2) is 0 Å². The number of rotatable bonds is 2. The molecule has 35 valence electrons. The first kappa shape index (κ1) is 7.35. The Morgan fingerprint density at radius 3 is 2.00 bits per heavy atom. The normalized spacial score (nSPS) is 11.0. The van der Waals surface area contributed by atoms with Crippen molar-refractivity contribution in [1.82, 2.24) is 0 Å². The van der Waals surface area contributed by atoms with Crippen LogP contribution in [0.5, 0.6) is 0 Å². The molecule has 0 aliphatic heterocycles. The zero-order valence-corrected chi connectivity index (χ0v) is 5.46. The van der Waals surface area contributed by atoms with Gasteiger partial charge < -0.3 is 0 Å². The van der Waals surface area contributed by atoms with Gasteiger partial charge in [-0.15, -0.1) is 0 Å². The van der Waals surface area contributed by atoms with E-state index in [-0.39, 0.29) is 4.75 Å². The predicted octanol–water partition coefficient (Wildman–Crippen LogP) is 0.552. The van der Waals surface area contributed by atoms with Gasteiger partial charge in [-0.2, -0.15) is 0 Å². The molecular formula is C4H7B2S. The van der Waals surface area contributed by atoms with Crippen molar-refractivity contribution in [1.29, 1.82) is 0 Å². The van der Waals surface area contributed by atoms with Gasteiger partial charge in [0.1, 0.15) is 0 Å². The molecule has 0 N–H and O–H groups in total. The zero-order valence-electron chi connectivity index (χ0n) is 4.64. The van der Waals surface area contributed by atoms with Gasteiger partial charge in [0.05, 0.1) is 0 Å². The van der Waals surface area contributed by atoms with Crippen molar-refractivity contribution in [3.63, 3.8) is 0 Å². The van der Waals surface area contributed by atoms with Crippen LogP contribution in [0, 0.1) is 0 Å². The standard InChI is InChI=1S/C4H7B2S/c1-4(2,3-5)7-6/h3H,1-2H3. The summed E-state index contributed by atoms with van der Waals surface area (Å²) >= 11 is 1.25. The zero-order chi connectivity index (χ0) is 5.91. The molecule has 0 spiro atoms. The Balaban J connectivity index is 3.58. The van der Waals surface area contributed by atoms with Crippen LogP contribution in [0.3, 0.4) is 0 Å². The Kier molecular flexibility index (Phi) is 2.74. The fourth-order valence-corrected chi connectivity index (χ4v) is 0.118. The average molecular weight is 109 g/mol. The van der Waals surface area contributed by atoms with E-state index in [2.05, 4.69) is 0 Å². The minimum absolute atomic E-state index is 0.0694. The molecular weight excluding hydrogens is 102 g/mol. The van der Waals surface area contributed by atoms with Crippen LogP contribution < -0.4 is 0 Å². The van der Waals surface area contributed by atoms with Gasteiger partial charge in [0.25, 0.3) is 0 Å².